The van der Waals surface area contributed by atoms with Gasteiger partial charge in [-0.05, 0) is 23.3 Å². The van der Waals surface area contributed by atoms with Crippen LogP contribution in [0.1, 0.15) is 11.1 Å². The Kier molecular flexibility index (Phi) is 5.72. The minimum absolute atomic E-state index is 0.595. The highest BCUT2D eigenvalue weighted by molar-refractivity contribution is 5.90. The molecule has 0 saturated heterocycles. The summed E-state index contributed by atoms with van der Waals surface area (Å²) in [6, 6.07) is 23.0. The van der Waals surface area contributed by atoms with Crippen LogP contribution in [0.25, 0.3) is 22.3 Å². The lowest BCUT2D eigenvalue weighted by atomic mass is 10.0. The summed E-state index contributed by atoms with van der Waals surface area (Å²) in [7, 11) is -4.94. The normalized spacial score (nSPS) is 12.5. The van der Waals surface area contributed by atoms with Crippen LogP contribution in [0.3, 0.4) is 0 Å². The molecule has 2 aromatic heterocycles. The summed E-state index contributed by atoms with van der Waals surface area (Å²) in [4.78, 5) is 3.59. The van der Waals surface area contributed by atoms with E-state index in [0.717, 1.165) is 18.7 Å². The van der Waals surface area contributed by atoms with Crippen molar-refractivity contribution >= 4 is 10.9 Å². The number of halogens is 1. The fraction of sp³-hybridized carbons (Fsp3) is 0.136. The minimum Gasteiger partial charge on any atom is -0.483 e. The number of ether oxygens (including phenoxy) is 1. The van der Waals surface area contributed by atoms with Crippen LogP contribution in [0.4, 0.5) is 0 Å². The van der Waals surface area contributed by atoms with Gasteiger partial charge < -0.3 is 9.72 Å². The van der Waals surface area contributed by atoms with Gasteiger partial charge in [-0.2, -0.15) is 4.57 Å². The van der Waals surface area contributed by atoms with Crippen molar-refractivity contribution in [3.8, 4) is 17.1 Å². The first-order chi connectivity index (χ1) is 14.4. The van der Waals surface area contributed by atoms with Crippen LogP contribution in [0.15, 0.2) is 72.9 Å². The largest absolute Gasteiger partial charge is 0.483 e. The Labute approximate surface area is 175 Å². The summed E-state index contributed by atoms with van der Waals surface area (Å²) in [6.07, 6.45) is 3.16. The number of para-hydroxylation sites is 1. The van der Waals surface area contributed by atoms with Crippen LogP contribution in [0.5, 0.6) is 5.75 Å². The molecular weight excluding hydrogens is 408 g/mol. The lowest BCUT2D eigenvalue weighted by molar-refractivity contribution is -2.00. The van der Waals surface area contributed by atoms with Crippen molar-refractivity contribution in [2.45, 2.75) is 19.6 Å². The van der Waals surface area contributed by atoms with Gasteiger partial charge in [-0.3, -0.25) is 0 Å². The summed E-state index contributed by atoms with van der Waals surface area (Å²) in [5, 5.41) is 1.34. The third kappa shape index (κ3) is 4.79. The second-order valence-electron chi connectivity index (χ2n) is 6.87. The number of hydrogen-bond acceptors (Lipinski definition) is 5. The van der Waals surface area contributed by atoms with Crippen LogP contribution < -0.4 is 27.9 Å². The summed E-state index contributed by atoms with van der Waals surface area (Å²) >= 11 is 0. The van der Waals surface area contributed by atoms with Gasteiger partial charge in [0.25, 0.3) is 0 Å². The molecule has 0 unspecified atom stereocenters. The van der Waals surface area contributed by atoms with E-state index in [1.54, 1.807) is 0 Å². The van der Waals surface area contributed by atoms with Crippen molar-refractivity contribution in [1.29, 1.82) is 0 Å². The maximum atomic E-state index is 8.49. The van der Waals surface area contributed by atoms with E-state index < -0.39 is 10.2 Å². The van der Waals surface area contributed by atoms with Crippen LogP contribution in [-0.4, -0.2) is 4.98 Å². The Morgan fingerprint density at radius 3 is 2.37 bits per heavy atom. The lowest BCUT2D eigenvalue weighted by Crippen LogP contribution is -2.68. The number of fused-ring (bicyclic) bond motifs is 5. The minimum atomic E-state index is -4.94. The Morgan fingerprint density at radius 1 is 0.900 bits per heavy atom. The first kappa shape index (κ1) is 20.3. The van der Waals surface area contributed by atoms with E-state index in [1.807, 2.05) is 18.2 Å². The topological polar surface area (TPSA) is 121 Å². The second kappa shape index (κ2) is 8.43. The summed E-state index contributed by atoms with van der Waals surface area (Å²) in [5.74, 6) is 0.909. The van der Waals surface area contributed by atoms with Gasteiger partial charge in [0.05, 0.1) is 0 Å². The van der Waals surface area contributed by atoms with E-state index in [1.165, 1.54) is 33.4 Å². The molecule has 7 nitrogen and oxygen atoms in total. The number of nitrogens with one attached hydrogen (secondary N) is 1. The number of nitrogens with zero attached hydrogens (tertiary/aromatic N) is 1. The average Bonchev–Trinajstić information content (AvgIpc) is 3.11. The predicted octanol–water partition coefficient (Wildman–Crippen LogP) is -0.498. The number of aromatic nitrogens is 2. The molecule has 4 aromatic rings. The monoisotopic (exact) mass is 426 g/mol. The fourth-order valence-corrected chi connectivity index (χ4v) is 3.67. The Bertz CT molecular complexity index is 1150. The highest BCUT2D eigenvalue weighted by atomic mass is 35.7. The van der Waals surface area contributed by atoms with Crippen molar-refractivity contribution < 1.29 is 38.2 Å². The van der Waals surface area contributed by atoms with E-state index in [4.69, 9.17) is 23.4 Å². The van der Waals surface area contributed by atoms with E-state index in [0.29, 0.717) is 6.61 Å². The summed E-state index contributed by atoms with van der Waals surface area (Å²) in [6.45, 7) is 1.57. The fourth-order valence-electron chi connectivity index (χ4n) is 3.67. The summed E-state index contributed by atoms with van der Waals surface area (Å²) in [5.41, 5.74) is 6.29. The number of aryl methyl sites for hydroxylation is 2. The number of benzene rings is 2. The Hall–Kier alpha value is -2.94. The quantitative estimate of drug-likeness (QED) is 0.443. The van der Waals surface area contributed by atoms with Gasteiger partial charge in [-0.15, -0.1) is 10.2 Å². The van der Waals surface area contributed by atoms with Crippen molar-refractivity contribution in [1.82, 2.24) is 4.98 Å². The Balaban J connectivity index is 0.000000393. The van der Waals surface area contributed by atoms with Gasteiger partial charge in [0.15, 0.2) is 12.3 Å². The standard InChI is InChI=1S/C22H18N2O.ClHO4/c1-2-6-16(7-3-1)15-25-17-10-11-21-22-19(12-13-24(21)14-17)18-8-4-5-9-20(18)23-22;2-1(3,4)5/h1-11,14H,12-13,15H2;(H,2,3,4,5). The summed E-state index contributed by atoms with van der Waals surface area (Å²) < 4.78 is 42.2. The van der Waals surface area contributed by atoms with Gasteiger partial charge in [-0.1, -0.05) is 48.5 Å². The number of aromatic amines is 1. The van der Waals surface area contributed by atoms with Crippen molar-refractivity contribution in [3.05, 3.63) is 84.1 Å². The zero-order valence-electron chi connectivity index (χ0n) is 15.9. The maximum absolute atomic E-state index is 8.49. The van der Waals surface area contributed by atoms with Gasteiger partial charge in [0, 0.05) is 23.4 Å². The zero-order chi connectivity index (χ0) is 21.1. The highest BCUT2D eigenvalue weighted by Gasteiger charge is 2.26. The molecular formula is C22H19ClN2O5. The van der Waals surface area contributed by atoms with E-state index >= 15 is 0 Å². The van der Waals surface area contributed by atoms with Gasteiger partial charge in [0.1, 0.15) is 12.3 Å². The molecule has 8 heteroatoms. The van der Waals surface area contributed by atoms with E-state index in [2.05, 4.69) is 64.3 Å². The number of H-pyrrole nitrogens is 1. The molecule has 0 fully saturated rings. The second-order valence-corrected chi connectivity index (χ2v) is 7.63. The highest BCUT2D eigenvalue weighted by Crippen LogP contribution is 2.32. The SMILES string of the molecule is [O-][Cl+3]([O-])([O-])[O-].c1ccc(COc2ccc3[n+](c2)CCc2c-3[nH]c3ccccc23)cc1. The molecule has 0 aliphatic carbocycles. The molecule has 3 heterocycles. The molecule has 0 amide bonds. The van der Waals surface area contributed by atoms with Crippen molar-refractivity contribution in [2.75, 3.05) is 0 Å². The molecule has 5 rings (SSSR count). The van der Waals surface area contributed by atoms with Crippen LogP contribution in [0, 0.1) is 10.2 Å². The molecule has 1 N–H and O–H groups in total. The predicted molar refractivity (Wildman–Crippen MR) is 98.4 cm³/mol. The average molecular weight is 427 g/mol. The number of rotatable bonds is 3. The third-order valence-corrected chi connectivity index (χ3v) is 4.92. The van der Waals surface area contributed by atoms with Gasteiger partial charge in [-0.25, -0.2) is 18.6 Å². The first-order valence-corrected chi connectivity index (χ1v) is 10.5. The number of hydrogen-bond donors (Lipinski definition) is 1. The molecule has 0 bridgehead atoms. The molecule has 30 heavy (non-hydrogen) atoms. The molecule has 0 radical (unpaired) electrons. The Morgan fingerprint density at radius 2 is 1.60 bits per heavy atom. The lowest BCUT2D eigenvalue weighted by Gasteiger charge is -2.17. The maximum Gasteiger partial charge on any atom is 0.229 e. The van der Waals surface area contributed by atoms with Crippen LogP contribution in [-0.2, 0) is 19.6 Å². The molecule has 0 saturated carbocycles. The third-order valence-electron chi connectivity index (χ3n) is 4.92. The van der Waals surface area contributed by atoms with E-state index in [9.17, 15) is 0 Å². The molecule has 1 aliphatic heterocycles. The van der Waals surface area contributed by atoms with Crippen molar-refractivity contribution in [2.24, 2.45) is 0 Å². The van der Waals surface area contributed by atoms with Crippen LogP contribution in [0.2, 0.25) is 0 Å². The smallest absolute Gasteiger partial charge is 0.229 e. The molecule has 0 atom stereocenters. The zero-order valence-corrected chi connectivity index (χ0v) is 16.7. The number of pyridine rings is 1. The molecule has 1 aliphatic rings. The molecule has 2 aromatic carbocycles. The van der Waals surface area contributed by atoms with E-state index in [-0.39, 0.29) is 0 Å². The first-order valence-electron chi connectivity index (χ1n) is 9.30. The molecule has 154 valence electrons. The van der Waals surface area contributed by atoms with Crippen LogP contribution >= 0.6 is 0 Å². The van der Waals surface area contributed by atoms with Gasteiger partial charge in [0.2, 0.25) is 11.9 Å². The van der Waals surface area contributed by atoms with Gasteiger partial charge >= 0.3 is 0 Å². The molecule has 0 spiro atoms. The van der Waals surface area contributed by atoms with Crippen molar-refractivity contribution in [3.63, 3.8) is 0 Å².